The van der Waals surface area contributed by atoms with Gasteiger partial charge in [-0.3, -0.25) is 14.3 Å². The molecule has 2 amide bonds. The zero-order chi connectivity index (χ0) is 14.1. The molecule has 1 aliphatic rings. The molecule has 1 aromatic heterocycles. The van der Waals surface area contributed by atoms with Crippen molar-refractivity contribution in [1.29, 1.82) is 0 Å². The summed E-state index contributed by atoms with van der Waals surface area (Å²) >= 11 is 0. The van der Waals surface area contributed by atoms with E-state index < -0.39 is 0 Å². The van der Waals surface area contributed by atoms with E-state index in [1.807, 2.05) is 30.3 Å². The first kappa shape index (κ1) is 12.3. The van der Waals surface area contributed by atoms with Crippen molar-refractivity contribution in [2.45, 2.75) is 13.5 Å². The lowest BCUT2D eigenvalue weighted by Crippen LogP contribution is -2.30. The monoisotopic (exact) mass is 267 g/mol. The summed E-state index contributed by atoms with van der Waals surface area (Å²) in [6, 6.07) is 9.87. The van der Waals surface area contributed by atoms with E-state index in [2.05, 4.69) is 5.10 Å². The molecule has 20 heavy (non-hydrogen) atoms. The maximum atomic E-state index is 11.9. The second-order valence-corrected chi connectivity index (χ2v) is 4.69. The van der Waals surface area contributed by atoms with Gasteiger partial charge in [0.05, 0.1) is 18.4 Å². The van der Waals surface area contributed by atoms with Crippen LogP contribution in [-0.4, -0.2) is 21.6 Å². The van der Waals surface area contributed by atoms with Crippen molar-refractivity contribution in [3.05, 3.63) is 59.9 Å². The lowest BCUT2D eigenvalue weighted by molar-refractivity contribution is -0.120. The number of hydrogen-bond donors (Lipinski definition) is 0. The molecule has 0 spiro atoms. The van der Waals surface area contributed by atoms with Crippen LogP contribution in [0.15, 0.2) is 54.4 Å². The Morgan fingerprint density at radius 2 is 1.90 bits per heavy atom. The second-order valence-electron chi connectivity index (χ2n) is 4.69. The molecule has 1 aliphatic heterocycles. The maximum absolute atomic E-state index is 11.9. The minimum atomic E-state index is -0.313. The molecule has 3 rings (SSSR count). The SMILES string of the molecule is CC1=CC(=O)N(c2cnn(Cc3ccccc3)c2)C1=O. The highest BCUT2D eigenvalue weighted by Gasteiger charge is 2.30. The summed E-state index contributed by atoms with van der Waals surface area (Å²) < 4.78 is 1.71. The van der Waals surface area contributed by atoms with Crippen molar-refractivity contribution in [1.82, 2.24) is 9.78 Å². The topological polar surface area (TPSA) is 55.2 Å². The van der Waals surface area contributed by atoms with E-state index in [4.69, 9.17) is 0 Å². The summed E-state index contributed by atoms with van der Waals surface area (Å²) in [4.78, 5) is 24.8. The molecule has 0 saturated heterocycles. The van der Waals surface area contributed by atoms with Crippen molar-refractivity contribution in [2.75, 3.05) is 4.90 Å². The van der Waals surface area contributed by atoms with E-state index in [0.29, 0.717) is 17.8 Å². The Balaban J connectivity index is 1.81. The predicted molar refractivity (Wildman–Crippen MR) is 74.0 cm³/mol. The van der Waals surface area contributed by atoms with Gasteiger partial charge in [-0.1, -0.05) is 30.3 Å². The zero-order valence-corrected chi connectivity index (χ0v) is 11.0. The van der Waals surface area contributed by atoms with E-state index in [1.54, 1.807) is 17.8 Å². The highest BCUT2D eigenvalue weighted by atomic mass is 16.2. The number of rotatable bonds is 3. The number of aromatic nitrogens is 2. The Kier molecular flexibility index (Phi) is 2.95. The molecule has 0 N–H and O–H groups in total. The van der Waals surface area contributed by atoms with Gasteiger partial charge in [0.1, 0.15) is 0 Å². The molecule has 1 aromatic carbocycles. The second kappa shape index (κ2) is 4.77. The minimum absolute atomic E-state index is 0.283. The van der Waals surface area contributed by atoms with Crippen molar-refractivity contribution in [3.8, 4) is 0 Å². The highest BCUT2D eigenvalue weighted by molar-refractivity contribution is 6.30. The van der Waals surface area contributed by atoms with Gasteiger partial charge in [0.2, 0.25) is 0 Å². The third kappa shape index (κ3) is 2.14. The number of carbonyl (C=O) groups excluding carboxylic acids is 2. The summed E-state index contributed by atoms with van der Waals surface area (Å²) in [6.07, 6.45) is 4.58. The molecule has 0 radical (unpaired) electrons. The fraction of sp³-hybridized carbons (Fsp3) is 0.133. The minimum Gasteiger partial charge on any atom is -0.269 e. The van der Waals surface area contributed by atoms with Crippen LogP contribution in [0, 0.1) is 0 Å². The van der Waals surface area contributed by atoms with E-state index in [9.17, 15) is 9.59 Å². The Morgan fingerprint density at radius 1 is 1.15 bits per heavy atom. The molecule has 0 saturated carbocycles. The molecule has 0 unspecified atom stereocenters. The fourth-order valence-electron chi connectivity index (χ4n) is 2.16. The summed E-state index contributed by atoms with van der Waals surface area (Å²) in [5.74, 6) is -0.596. The molecule has 2 heterocycles. The van der Waals surface area contributed by atoms with Crippen LogP contribution in [0.3, 0.4) is 0 Å². The molecular formula is C15H13N3O2. The van der Waals surface area contributed by atoms with Crippen LogP contribution in [0.1, 0.15) is 12.5 Å². The van der Waals surface area contributed by atoms with Gasteiger partial charge in [0.15, 0.2) is 0 Å². The molecular weight excluding hydrogens is 254 g/mol. The summed E-state index contributed by atoms with van der Waals surface area (Å²) in [7, 11) is 0. The number of imide groups is 1. The van der Waals surface area contributed by atoms with Gasteiger partial charge in [-0.15, -0.1) is 0 Å². The number of hydrogen-bond acceptors (Lipinski definition) is 3. The summed E-state index contributed by atoms with van der Waals surface area (Å²) in [5, 5.41) is 4.20. The van der Waals surface area contributed by atoms with Crippen LogP contribution in [0.4, 0.5) is 5.69 Å². The first-order valence-electron chi connectivity index (χ1n) is 6.28. The molecule has 100 valence electrons. The third-order valence-corrected chi connectivity index (χ3v) is 3.17. The molecule has 5 nitrogen and oxygen atoms in total. The van der Waals surface area contributed by atoms with E-state index in [-0.39, 0.29) is 11.8 Å². The summed E-state index contributed by atoms with van der Waals surface area (Å²) in [5.41, 5.74) is 2.06. The molecule has 0 aliphatic carbocycles. The molecule has 5 heteroatoms. The van der Waals surface area contributed by atoms with Gasteiger partial charge in [0, 0.05) is 17.8 Å². The zero-order valence-electron chi connectivity index (χ0n) is 11.0. The fourth-order valence-corrected chi connectivity index (χ4v) is 2.16. The average molecular weight is 267 g/mol. The average Bonchev–Trinajstić information content (AvgIpc) is 2.97. The number of benzene rings is 1. The van der Waals surface area contributed by atoms with Gasteiger partial charge in [-0.2, -0.15) is 5.10 Å². The normalized spacial score (nSPS) is 14.8. The largest absolute Gasteiger partial charge is 0.269 e. The number of carbonyl (C=O) groups is 2. The molecule has 0 fully saturated rings. The lowest BCUT2D eigenvalue weighted by Gasteiger charge is -2.10. The smallest absolute Gasteiger partial charge is 0.261 e. The van der Waals surface area contributed by atoms with Crippen LogP contribution < -0.4 is 4.90 Å². The van der Waals surface area contributed by atoms with Gasteiger partial charge >= 0.3 is 0 Å². The molecule has 2 aromatic rings. The Morgan fingerprint density at radius 3 is 2.55 bits per heavy atom. The van der Waals surface area contributed by atoms with Gasteiger partial charge < -0.3 is 0 Å². The van der Waals surface area contributed by atoms with Crippen LogP contribution >= 0.6 is 0 Å². The van der Waals surface area contributed by atoms with Crippen LogP contribution in [0.25, 0.3) is 0 Å². The van der Waals surface area contributed by atoms with E-state index in [0.717, 1.165) is 10.5 Å². The van der Waals surface area contributed by atoms with Crippen LogP contribution in [0.2, 0.25) is 0 Å². The lowest BCUT2D eigenvalue weighted by atomic mass is 10.2. The number of nitrogens with zero attached hydrogens (tertiary/aromatic N) is 3. The van der Waals surface area contributed by atoms with Gasteiger partial charge in [0.25, 0.3) is 11.8 Å². The van der Waals surface area contributed by atoms with Crippen molar-refractivity contribution in [2.24, 2.45) is 0 Å². The predicted octanol–water partition coefficient (Wildman–Crippen LogP) is 1.75. The van der Waals surface area contributed by atoms with E-state index in [1.165, 1.54) is 12.3 Å². The molecule has 0 bridgehead atoms. The van der Waals surface area contributed by atoms with Crippen molar-refractivity contribution >= 4 is 17.5 Å². The Hall–Kier alpha value is -2.69. The maximum Gasteiger partial charge on any atom is 0.261 e. The van der Waals surface area contributed by atoms with Crippen LogP contribution in [-0.2, 0) is 16.1 Å². The van der Waals surface area contributed by atoms with Crippen LogP contribution in [0.5, 0.6) is 0 Å². The first-order chi connectivity index (χ1) is 9.65. The Bertz CT molecular complexity index is 701. The first-order valence-corrected chi connectivity index (χ1v) is 6.28. The Labute approximate surface area is 116 Å². The number of anilines is 1. The quantitative estimate of drug-likeness (QED) is 0.796. The number of amides is 2. The molecule has 0 atom stereocenters. The summed E-state index contributed by atoms with van der Waals surface area (Å²) in [6.45, 7) is 2.23. The van der Waals surface area contributed by atoms with Gasteiger partial charge in [-0.05, 0) is 12.5 Å². The standard InChI is InChI=1S/C15H13N3O2/c1-11-7-14(19)18(15(11)20)13-8-16-17(10-13)9-12-5-3-2-4-6-12/h2-8,10H,9H2,1H3. The van der Waals surface area contributed by atoms with Crippen molar-refractivity contribution in [3.63, 3.8) is 0 Å². The van der Waals surface area contributed by atoms with E-state index >= 15 is 0 Å². The highest BCUT2D eigenvalue weighted by Crippen LogP contribution is 2.21. The van der Waals surface area contributed by atoms with Crippen molar-refractivity contribution < 1.29 is 9.59 Å². The third-order valence-electron chi connectivity index (χ3n) is 3.17. The van der Waals surface area contributed by atoms with Gasteiger partial charge in [-0.25, -0.2) is 4.90 Å².